The summed E-state index contributed by atoms with van der Waals surface area (Å²) in [6.07, 6.45) is 4.56. The maximum absolute atomic E-state index is 4.64. The molecule has 0 aliphatic carbocycles. The van der Waals surface area contributed by atoms with Crippen LogP contribution in [-0.4, -0.2) is 16.0 Å². The summed E-state index contributed by atoms with van der Waals surface area (Å²) in [5, 5.41) is 4.62. The highest BCUT2D eigenvalue weighted by molar-refractivity contribution is 7.11. The Morgan fingerprint density at radius 3 is 2.67 bits per heavy atom. The SMILES string of the molecule is Cc1nc(Cc2ccncc2)sc1CNC(C)C. The van der Waals surface area contributed by atoms with Crippen LogP contribution in [0.5, 0.6) is 0 Å². The zero-order valence-corrected chi connectivity index (χ0v) is 11.9. The zero-order valence-electron chi connectivity index (χ0n) is 11.1. The van der Waals surface area contributed by atoms with E-state index >= 15 is 0 Å². The van der Waals surface area contributed by atoms with Gasteiger partial charge in [0, 0.05) is 36.3 Å². The zero-order chi connectivity index (χ0) is 13.0. The van der Waals surface area contributed by atoms with Crippen molar-refractivity contribution >= 4 is 11.3 Å². The predicted octanol–water partition coefficient (Wildman–Crippen LogP) is 2.94. The van der Waals surface area contributed by atoms with Gasteiger partial charge < -0.3 is 5.32 Å². The average Bonchev–Trinajstić information content (AvgIpc) is 2.68. The van der Waals surface area contributed by atoms with Crippen LogP contribution in [0.25, 0.3) is 0 Å². The van der Waals surface area contributed by atoms with E-state index in [1.807, 2.05) is 24.5 Å². The van der Waals surface area contributed by atoms with Crippen molar-refractivity contribution in [1.29, 1.82) is 0 Å². The van der Waals surface area contributed by atoms with Crippen molar-refractivity contribution in [3.8, 4) is 0 Å². The predicted molar refractivity (Wildman–Crippen MR) is 75.9 cm³/mol. The molecular weight excluding hydrogens is 242 g/mol. The van der Waals surface area contributed by atoms with Crippen LogP contribution in [0.1, 0.15) is 35.0 Å². The third-order valence-corrected chi connectivity index (χ3v) is 3.87. The first-order valence-electron chi connectivity index (χ1n) is 6.22. The molecule has 1 N–H and O–H groups in total. The standard InChI is InChI=1S/C14H19N3S/c1-10(2)16-9-13-11(3)17-14(18-13)8-12-4-6-15-7-5-12/h4-7,10,16H,8-9H2,1-3H3. The highest BCUT2D eigenvalue weighted by Crippen LogP contribution is 2.20. The van der Waals surface area contributed by atoms with Crippen molar-refractivity contribution in [3.63, 3.8) is 0 Å². The van der Waals surface area contributed by atoms with E-state index < -0.39 is 0 Å². The Balaban J connectivity index is 2.04. The maximum Gasteiger partial charge on any atom is 0.0975 e. The Hall–Kier alpha value is -1.26. The van der Waals surface area contributed by atoms with Crippen molar-refractivity contribution in [2.75, 3.05) is 0 Å². The average molecular weight is 261 g/mol. The molecule has 0 unspecified atom stereocenters. The van der Waals surface area contributed by atoms with Crippen LogP contribution < -0.4 is 5.32 Å². The molecule has 18 heavy (non-hydrogen) atoms. The fraction of sp³-hybridized carbons (Fsp3) is 0.429. The lowest BCUT2D eigenvalue weighted by Crippen LogP contribution is -2.21. The highest BCUT2D eigenvalue weighted by Gasteiger charge is 2.08. The quantitative estimate of drug-likeness (QED) is 0.899. The van der Waals surface area contributed by atoms with E-state index in [-0.39, 0.29) is 0 Å². The minimum absolute atomic E-state index is 0.509. The second kappa shape index (κ2) is 6.07. The summed E-state index contributed by atoms with van der Waals surface area (Å²) in [7, 11) is 0. The summed E-state index contributed by atoms with van der Waals surface area (Å²) < 4.78 is 0. The molecule has 96 valence electrons. The molecule has 0 aliphatic rings. The van der Waals surface area contributed by atoms with Gasteiger partial charge in [0.15, 0.2) is 0 Å². The number of thiazole rings is 1. The number of hydrogen-bond acceptors (Lipinski definition) is 4. The third kappa shape index (κ3) is 3.62. The summed E-state index contributed by atoms with van der Waals surface area (Å²) in [5.74, 6) is 0. The van der Waals surface area contributed by atoms with E-state index in [4.69, 9.17) is 0 Å². The van der Waals surface area contributed by atoms with Gasteiger partial charge in [-0.25, -0.2) is 4.98 Å². The molecule has 3 nitrogen and oxygen atoms in total. The molecule has 0 saturated carbocycles. The second-order valence-electron chi connectivity index (χ2n) is 4.68. The molecule has 2 heterocycles. The highest BCUT2D eigenvalue weighted by atomic mass is 32.1. The molecule has 0 saturated heterocycles. The smallest absolute Gasteiger partial charge is 0.0975 e. The number of hydrogen-bond donors (Lipinski definition) is 1. The Morgan fingerprint density at radius 2 is 2.00 bits per heavy atom. The topological polar surface area (TPSA) is 37.8 Å². The minimum Gasteiger partial charge on any atom is -0.310 e. The molecule has 0 aliphatic heterocycles. The van der Waals surface area contributed by atoms with E-state index in [0.717, 1.165) is 18.7 Å². The molecular formula is C14H19N3S. The van der Waals surface area contributed by atoms with Crippen LogP contribution >= 0.6 is 11.3 Å². The van der Waals surface area contributed by atoms with Crippen LogP contribution in [0.15, 0.2) is 24.5 Å². The molecule has 0 radical (unpaired) electrons. The Morgan fingerprint density at radius 1 is 1.28 bits per heavy atom. The van der Waals surface area contributed by atoms with Gasteiger partial charge in [-0.3, -0.25) is 4.98 Å². The largest absolute Gasteiger partial charge is 0.310 e. The van der Waals surface area contributed by atoms with Crippen molar-refractivity contribution in [2.24, 2.45) is 0 Å². The Bertz CT molecular complexity index is 491. The van der Waals surface area contributed by atoms with Crippen LogP contribution in [-0.2, 0) is 13.0 Å². The van der Waals surface area contributed by atoms with Gasteiger partial charge in [-0.2, -0.15) is 0 Å². The number of nitrogens with one attached hydrogen (secondary N) is 1. The van der Waals surface area contributed by atoms with Crippen LogP contribution in [0.2, 0.25) is 0 Å². The second-order valence-corrected chi connectivity index (χ2v) is 5.85. The first kappa shape index (κ1) is 13.2. The fourth-order valence-electron chi connectivity index (χ4n) is 1.70. The summed E-state index contributed by atoms with van der Waals surface area (Å²) in [5.41, 5.74) is 2.42. The van der Waals surface area contributed by atoms with Gasteiger partial charge in [-0.05, 0) is 24.6 Å². The molecule has 0 fully saturated rings. The minimum atomic E-state index is 0.509. The number of nitrogens with zero attached hydrogens (tertiary/aromatic N) is 2. The van der Waals surface area contributed by atoms with Gasteiger partial charge in [0.1, 0.15) is 0 Å². The number of pyridine rings is 1. The normalized spacial score (nSPS) is 11.1. The lowest BCUT2D eigenvalue weighted by Gasteiger charge is -2.05. The Kier molecular flexibility index (Phi) is 4.44. The van der Waals surface area contributed by atoms with Crippen molar-refractivity contribution in [2.45, 2.75) is 39.8 Å². The molecule has 2 aromatic heterocycles. The molecule has 0 amide bonds. The van der Waals surface area contributed by atoms with Gasteiger partial charge in [0.05, 0.1) is 10.7 Å². The van der Waals surface area contributed by atoms with Gasteiger partial charge in [0.2, 0.25) is 0 Å². The van der Waals surface area contributed by atoms with Gasteiger partial charge in [-0.15, -0.1) is 11.3 Å². The Labute approximate surface area is 112 Å². The van der Waals surface area contributed by atoms with E-state index in [1.165, 1.54) is 15.4 Å². The molecule has 0 atom stereocenters. The molecule has 2 rings (SSSR count). The summed E-state index contributed by atoms with van der Waals surface area (Å²) >= 11 is 1.80. The van der Waals surface area contributed by atoms with E-state index in [2.05, 4.69) is 36.1 Å². The van der Waals surface area contributed by atoms with Crippen LogP contribution in [0.3, 0.4) is 0 Å². The first-order chi connectivity index (χ1) is 8.65. The number of rotatable bonds is 5. The summed E-state index contributed by atoms with van der Waals surface area (Å²) in [4.78, 5) is 10.0. The monoisotopic (exact) mass is 261 g/mol. The molecule has 0 bridgehead atoms. The fourth-order valence-corrected chi connectivity index (χ4v) is 2.75. The van der Waals surface area contributed by atoms with E-state index in [0.29, 0.717) is 6.04 Å². The van der Waals surface area contributed by atoms with E-state index in [1.54, 1.807) is 11.3 Å². The van der Waals surface area contributed by atoms with Crippen molar-refractivity contribution in [1.82, 2.24) is 15.3 Å². The summed E-state index contributed by atoms with van der Waals surface area (Å²) in [6, 6.07) is 4.60. The molecule has 0 spiro atoms. The van der Waals surface area contributed by atoms with Gasteiger partial charge in [-0.1, -0.05) is 13.8 Å². The van der Waals surface area contributed by atoms with Crippen molar-refractivity contribution < 1.29 is 0 Å². The molecule has 0 aromatic carbocycles. The van der Waals surface area contributed by atoms with E-state index in [9.17, 15) is 0 Å². The van der Waals surface area contributed by atoms with Crippen LogP contribution in [0, 0.1) is 6.92 Å². The summed E-state index contributed by atoms with van der Waals surface area (Å²) in [6.45, 7) is 7.32. The molecule has 4 heteroatoms. The number of aromatic nitrogens is 2. The van der Waals surface area contributed by atoms with Gasteiger partial charge in [0.25, 0.3) is 0 Å². The van der Waals surface area contributed by atoms with Gasteiger partial charge >= 0.3 is 0 Å². The van der Waals surface area contributed by atoms with Crippen LogP contribution in [0.4, 0.5) is 0 Å². The molecule has 2 aromatic rings. The lowest BCUT2D eigenvalue weighted by molar-refractivity contribution is 0.591. The maximum atomic E-state index is 4.64. The lowest BCUT2D eigenvalue weighted by atomic mass is 10.2. The van der Waals surface area contributed by atoms with Crippen molar-refractivity contribution in [3.05, 3.63) is 45.7 Å². The third-order valence-electron chi connectivity index (χ3n) is 2.71. The number of aryl methyl sites for hydroxylation is 1. The first-order valence-corrected chi connectivity index (χ1v) is 7.04.